The van der Waals surface area contributed by atoms with Crippen LogP contribution in [0.1, 0.15) is 35.8 Å². The first-order valence-corrected chi connectivity index (χ1v) is 10.9. The van der Waals surface area contributed by atoms with Crippen molar-refractivity contribution in [1.29, 1.82) is 0 Å². The van der Waals surface area contributed by atoms with Crippen LogP contribution in [0.15, 0.2) is 54.4 Å². The zero-order valence-corrected chi connectivity index (χ0v) is 18.6. The molecule has 0 radical (unpaired) electrons. The molecule has 1 aromatic heterocycles. The first-order chi connectivity index (χ1) is 16.3. The van der Waals surface area contributed by atoms with Crippen molar-refractivity contribution in [2.24, 2.45) is 5.92 Å². The maximum atomic E-state index is 12.4. The van der Waals surface area contributed by atoms with Gasteiger partial charge in [0.2, 0.25) is 5.91 Å². The van der Waals surface area contributed by atoms with Gasteiger partial charge in [-0.25, -0.2) is 4.68 Å². The summed E-state index contributed by atoms with van der Waals surface area (Å²) in [6.45, 7) is 1.22. The summed E-state index contributed by atoms with van der Waals surface area (Å²) in [5.41, 5.74) is 1.37. The average Bonchev–Trinajstić information content (AvgIpc) is 3.31. The maximum absolute atomic E-state index is 12.4. The number of carbonyl (C=O) groups excluding carboxylic acids is 2. The molecule has 3 rings (SSSR count). The van der Waals surface area contributed by atoms with E-state index in [1.54, 1.807) is 17.5 Å². The van der Waals surface area contributed by atoms with Gasteiger partial charge < -0.3 is 15.4 Å². The van der Waals surface area contributed by atoms with Gasteiger partial charge in [-0.2, -0.15) is 13.2 Å². The van der Waals surface area contributed by atoms with Crippen LogP contribution in [0.2, 0.25) is 0 Å². The number of halogens is 3. The van der Waals surface area contributed by atoms with Gasteiger partial charge in [0.05, 0.1) is 18.7 Å². The number of allylic oxidation sites excluding steroid dienone is 2. The Morgan fingerprint density at radius 1 is 1.21 bits per heavy atom. The van der Waals surface area contributed by atoms with E-state index in [1.165, 1.54) is 16.4 Å². The van der Waals surface area contributed by atoms with Gasteiger partial charge in [0, 0.05) is 6.54 Å². The summed E-state index contributed by atoms with van der Waals surface area (Å²) in [5.74, 6) is -1.18. The van der Waals surface area contributed by atoms with Gasteiger partial charge in [-0.05, 0) is 37.8 Å². The summed E-state index contributed by atoms with van der Waals surface area (Å²) in [6, 6.07) is 9.92. The molecule has 0 fully saturated rings. The first-order valence-electron chi connectivity index (χ1n) is 10.9. The Labute approximate surface area is 194 Å². The fourth-order valence-corrected chi connectivity index (χ4v) is 3.35. The van der Waals surface area contributed by atoms with Crippen molar-refractivity contribution in [3.63, 3.8) is 0 Å². The van der Waals surface area contributed by atoms with Gasteiger partial charge in [-0.1, -0.05) is 41.6 Å². The summed E-state index contributed by atoms with van der Waals surface area (Å²) in [4.78, 5) is 24.3. The Balaban J connectivity index is 1.70. The lowest BCUT2D eigenvalue weighted by molar-refractivity contribution is -0.124. The van der Waals surface area contributed by atoms with Crippen LogP contribution < -0.4 is 10.6 Å². The van der Waals surface area contributed by atoms with E-state index in [0.717, 1.165) is 12.8 Å². The molecule has 0 spiro atoms. The molecule has 1 aliphatic carbocycles. The van der Waals surface area contributed by atoms with E-state index < -0.39 is 24.5 Å². The van der Waals surface area contributed by atoms with Crippen molar-refractivity contribution >= 4 is 17.5 Å². The van der Waals surface area contributed by atoms with E-state index >= 15 is 0 Å². The van der Waals surface area contributed by atoms with Gasteiger partial charge in [0.1, 0.15) is 18.0 Å². The zero-order chi connectivity index (χ0) is 24.6. The Hall–Kier alpha value is -3.63. The van der Waals surface area contributed by atoms with E-state index in [0.29, 0.717) is 31.0 Å². The van der Waals surface area contributed by atoms with Gasteiger partial charge in [-0.3, -0.25) is 9.59 Å². The number of carbonyl (C=O) groups is 2. The molecular formula is C23H26F3N5O3. The molecule has 0 saturated carbocycles. The fourth-order valence-electron chi connectivity index (χ4n) is 3.35. The lowest BCUT2D eigenvalue weighted by Crippen LogP contribution is -2.33. The highest BCUT2D eigenvalue weighted by molar-refractivity contribution is 5.92. The normalized spacial score (nSPS) is 15.8. The minimum absolute atomic E-state index is 0.144. The number of alkyl halides is 3. The maximum Gasteiger partial charge on any atom is 0.405 e. The molecule has 1 aromatic carbocycles. The van der Waals surface area contributed by atoms with E-state index in [2.05, 4.69) is 15.6 Å². The third-order valence-electron chi connectivity index (χ3n) is 4.99. The number of rotatable bonds is 10. The molecule has 1 atom stereocenters. The topological polar surface area (TPSA) is 98.1 Å². The number of nitrogens with zero attached hydrogens (tertiary/aromatic N) is 3. The second-order valence-electron chi connectivity index (χ2n) is 7.64. The fraction of sp³-hybridized carbons (Fsp3) is 0.391. The van der Waals surface area contributed by atoms with Crippen molar-refractivity contribution in [3.05, 3.63) is 65.7 Å². The summed E-state index contributed by atoms with van der Waals surface area (Å²) < 4.78 is 44.3. The number of nitrogens with one attached hydrogen (secondary N) is 2. The standard InChI is InChI=1S/C23H26F3N5O3/c1-2-27-21(32)17-10-11-19(20(13-17)34-12-6-9-16-7-4-3-5-8-16)31-14-18(29-30-31)22(33)28-15-23(24,25)26/h3-5,7-8,11,13-14,17H,2,6,9-10,12,15H2,1H3,(H,27,32)(H,28,33). The largest absolute Gasteiger partial charge is 0.492 e. The van der Waals surface area contributed by atoms with Crippen LogP contribution in [0.4, 0.5) is 13.2 Å². The first kappa shape index (κ1) is 25.0. The van der Waals surface area contributed by atoms with Crippen LogP contribution >= 0.6 is 0 Å². The molecule has 11 heteroatoms. The number of ether oxygens (including phenoxy) is 1. The van der Waals surface area contributed by atoms with Crippen LogP contribution in [-0.4, -0.2) is 52.7 Å². The smallest absolute Gasteiger partial charge is 0.405 e. The molecule has 2 amide bonds. The number of amides is 2. The second kappa shape index (κ2) is 11.5. The van der Waals surface area contributed by atoms with Gasteiger partial charge in [0.15, 0.2) is 5.69 Å². The van der Waals surface area contributed by atoms with Crippen LogP contribution in [0.5, 0.6) is 0 Å². The lowest BCUT2D eigenvalue weighted by Gasteiger charge is -2.21. The monoisotopic (exact) mass is 477 g/mol. The molecule has 2 N–H and O–H groups in total. The highest BCUT2D eigenvalue weighted by Crippen LogP contribution is 2.27. The minimum atomic E-state index is -4.53. The Morgan fingerprint density at radius 3 is 2.68 bits per heavy atom. The number of aryl methyl sites for hydroxylation is 1. The molecule has 8 nitrogen and oxygen atoms in total. The van der Waals surface area contributed by atoms with E-state index in [9.17, 15) is 22.8 Å². The SMILES string of the molecule is CCNC(=O)C1C=C(OCCCc2ccccc2)C(n2cc(C(=O)NCC(F)(F)F)nn2)=CC1. The Bertz CT molecular complexity index is 1050. The van der Waals surface area contributed by atoms with Crippen LogP contribution in [0.25, 0.3) is 5.70 Å². The van der Waals surface area contributed by atoms with Crippen LogP contribution in [-0.2, 0) is 16.0 Å². The number of hydrogen-bond acceptors (Lipinski definition) is 5. The third kappa shape index (κ3) is 7.19. The highest BCUT2D eigenvalue weighted by Gasteiger charge is 2.29. The van der Waals surface area contributed by atoms with Crippen molar-refractivity contribution in [3.8, 4) is 0 Å². The van der Waals surface area contributed by atoms with Crippen LogP contribution in [0, 0.1) is 5.92 Å². The van der Waals surface area contributed by atoms with Crippen LogP contribution in [0.3, 0.4) is 0 Å². The Kier molecular flexibility index (Phi) is 8.44. The molecule has 1 unspecified atom stereocenters. The lowest BCUT2D eigenvalue weighted by atomic mass is 9.97. The van der Waals surface area contributed by atoms with E-state index in [4.69, 9.17) is 4.74 Å². The number of aromatic nitrogens is 3. The average molecular weight is 477 g/mol. The molecule has 34 heavy (non-hydrogen) atoms. The predicted molar refractivity (Wildman–Crippen MR) is 118 cm³/mol. The van der Waals surface area contributed by atoms with E-state index in [1.807, 2.05) is 37.3 Å². The summed E-state index contributed by atoms with van der Waals surface area (Å²) in [7, 11) is 0. The molecule has 0 bridgehead atoms. The summed E-state index contributed by atoms with van der Waals surface area (Å²) in [6.07, 6.45) is 2.02. The van der Waals surface area contributed by atoms with Crippen molar-refractivity contribution in [2.45, 2.75) is 32.4 Å². The minimum Gasteiger partial charge on any atom is -0.492 e. The van der Waals surface area contributed by atoms with Crippen molar-refractivity contribution < 1.29 is 27.5 Å². The molecule has 2 aromatic rings. The molecular weight excluding hydrogens is 451 g/mol. The highest BCUT2D eigenvalue weighted by atomic mass is 19.4. The third-order valence-corrected chi connectivity index (χ3v) is 4.99. The molecule has 182 valence electrons. The summed E-state index contributed by atoms with van der Waals surface area (Å²) >= 11 is 0. The van der Waals surface area contributed by atoms with Gasteiger partial charge >= 0.3 is 6.18 Å². The molecule has 0 aliphatic heterocycles. The van der Waals surface area contributed by atoms with Crippen molar-refractivity contribution in [1.82, 2.24) is 25.6 Å². The Morgan fingerprint density at radius 2 is 1.97 bits per heavy atom. The molecule has 0 saturated heterocycles. The summed E-state index contributed by atoms with van der Waals surface area (Å²) in [5, 5.41) is 12.1. The van der Waals surface area contributed by atoms with E-state index in [-0.39, 0.29) is 11.6 Å². The van der Waals surface area contributed by atoms with Gasteiger partial charge in [-0.15, -0.1) is 5.10 Å². The van der Waals surface area contributed by atoms with Gasteiger partial charge in [0.25, 0.3) is 5.91 Å². The number of hydrogen-bond donors (Lipinski definition) is 2. The quantitative estimate of drug-likeness (QED) is 0.513. The predicted octanol–water partition coefficient (Wildman–Crippen LogP) is 3.10. The molecule has 1 aliphatic rings. The van der Waals surface area contributed by atoms with Crippen molar-refractivity contribution in [2.75, 3.05) is 19.7 Å². The number of benzene rings is 1. The molecule has 1 heterocycles. The zero-order valence-electron chi connectivity index (χ0n) is 18.6. The second-order valence-corrected chi connectivity index (χ2v) is 7.64.